The molecule has 0 fully saturated rings. The van der Waals surface area contributed by atoms with Crippen LogP contribution in [0.15, 0.2) is 18.2 Å². The van der Waals surface area contributed by atoms with Crippen molar-refractivity contribution in [3.8, 4) is 5.75 Å². The largest absolute Gasteiger partial charge is 0.486 e. The van der Waals surface area contributed by atoms with Gasteiger partial charge in [0.1, 0.15) is 35.7 Å². The highest BCUT2D eigenvalue weighted by atomic mass is 19.4. The minimum absolute atomic E-state index is 0.123. The zero-order chi connectivity index (χ0) is 28.7. The van der Waals surface area contributed by atoms with Crippen molar-refractivity contribution in [2.45, 2.75) is 57.6 Å². The summed E-state index contributed by atoms with van der Waals surface area (Å²) in [5.74, 6) is -12.4. The molecular formula is C21H22F9N3O4. The number of anilines is 1. The van der Waals surface area contributed by atoms with Crippen molar-refractivity contribution in [3.63, 3.8) is 0 Å². The third-order valence-corrected chi connectivity index (χ3v) is 5.63. The van der Waals surface area contributed by atoms with Crippen LogP contribution in [0.5, 0.6) is 5.75 Å². The van der Waals surface area contributed by atoms with Crippen LogP contribution in [0.4, 0.5) is 45.2 Å². The van der Waals surface area contributed by atoms with Crippen molar-refractivity contribution in [2.75, 3.05) is 18.0 Å². The van der Waals surface area contributed by atoms with Gasteiger partial charge in [-0.05, 0) is 32.4 Å². The maximum absolute atomic E-state index is 14.2. The molecule has 0 aliphatic carbocycles. The fourth-order valence-electron chi connectivity index (χ4n) is 3.51. The minimum atomic E-state index is -6.25. The highest BCUT2D eigenvalue weighted by Gasteiger charge is 2.61. The summed E-state index contributed by atoms with van der Waals surface area (Å²) in [6.07, 6.45) is -13.6. The molecule has 1 aromatic carbocycles. The Balaban J connectivity index is 2.81. The second kappa shape index (κ2) is 9.93. The Kier molecular flexibility index (Phi) is 8.06. The van der Waals surface area contributed by atoms with Crippen LogP contribution < -0.4 is 15.4 Å². The second-order valence-corrected chi connectivity index (χ2v) is 8.79. The van der Waals surface area contributed by atoms with Crippen molar-refractivity contribution in [3.05, 3.63) is 24.0 Å². The van der Waals surface area contributed by atoms with Crippen LogP contribution >= 0.6 is 0 Å². The lowest BCUT2D eigenvalue weighted by Crippen LogP contribution is -2.64. The third kappa shape index (κ3) is 6.21. The van der Waals surface area contributed by atoms with E-state index in [1.165, 1.54) is 6.92 Å². The molecule has 0 aromatic heterocycles. The maximum atomic E-state index is 14.2. The minimum Gasteiger partial charge on any atom is -0.486 e. The number of hydrogen-bond donors (Lipinski definition) is 1. The van der Waals surface area contributed by atoms with Crippen molar-refractivity contribution in [1.82, 2.24) is 4.90 Å². The van der Waals surface area contributed by atoms with Crippen LogP contribution in [0.2, 0.25) is 0 Å². The van der Waals surface area contributed by atoms with Gasteiger partial charge < -0.3 is 15.4 Å². The molecule has 1 aliphatic rings. The first-order valence-electron chi connectivity index (χ1n) is 10.5. The number of carbonyl (C=O) groups is 3. The SMILES string of the molecule is CC[C@H]1Oc2ccc(F)cc2N(CC(F)(F)F)C(=O)C1N(CC(F)(F)C(F)(F)F)C(=O)C(C)(C)C(N)=O. The Morgan fingerprint density at radius 3 is 2.11 bits per heavy atom. The van der Waals surface area contributed by atoms with Crippen LogP contribution in [0, 0.1) is 11.2 Å². The lowest BCUT2D eigenvalue weighted by atomic mass is 9.89. The van der Waals surface area contributed by atoms with E-state index >= 15 is 0 Å². The van der Waals surface area contributed by atoms with Gasteiger partial charge in [0.25, 0.3) is 5.91 Å². The van der Waals surface area contributed by atoms with Crippen LogP contribution in [0.3, 0.4) is 0 Å². The number of ether oxygens (including phenoxy) is 1. The summed E-state index contributed by atoms with van der Waals surface area (Å²) >= 11 is 0. The molecule has 37 heavy (non-hydrogen) atoms. The average molecular weight is 551 g/mol. The summed E-state index contributed by atoms with van der Waals surface area (Å²) in [4.78, 5) is 38.0. The lowest BCUT2D eigenvalue weighted by molar-refractivity contribution is -0.287. The molecule has 0 saturated carbocycles. The van der Waals surface area contributed by atoms with E-state index in [9.17, 15) is 53.9 Å². The Bertz CT molecular complexity index is 1060. The molecule has 0 saturated heterocycles. The zero-order valence-corrected chi connectivity index (χ0v) is 19.5. The van der Waals surface area contributed by atoms with Gasteiger partial charge in [-0.15, -0.1) is 0 Å². The molecule has 0 bridgehead atoms. The summed E-state index contributed by atoms with van der Waals surface area (Å²) < 4.78 is 127. The van der Waals surface area contributed by atoms with Crippen molar-refractivity contribution in [2.24, 2.45) is 11.1 Å². The molecule has 1 heterocycles. The van der Waals surface area contributed by atoms with Gasteiger partial charge in [-0.25, -0.2) is 4.39 Å². The Labute approximate surface area is 204 Å². The van der Waals surface area contributed by atoms with Gasteiger partial charge in [0.05, 0.1) is 12.2 Å². The molecule has 208 valence electrons. The first-order valence-corrected chi connectivity index (χ1v) is 10.5. The average Bonchev–Trinajstić information content (AvgIpc) is 2.84. The van der Waals surface area contributed by atoms with Gasteiger partial charge in [0.2, 0.25) is 11.8 Å². The summed E-state index contributed by atoms with van der Waals surface area (Å²) in [6.45, 7) is -1.88. The number of nitrogens with two attached hydrogens (primary N) is 1. The van der Waals surface area contributed by atoms with Gasteiger partial charge in [-0.2, -0.15) is 35.1 Å². The normalized spacial score (nSPS) is 19.1. The molecule has 2 rings (SSSR count). The van der Waals surface area contributed by atoms with E-state index in [0.717, 1.165) is 26.0 Å². The first-order chi connectivity index (χ1) is 16.6. The van der Waals surface area contributed by atoms with Crippen LogP contribution in [0.25, 0.3) is 0 Å². The molecule has 0 radical (unpaired) electrons. The molecule has 1 unspecified atom stereocenters. The molecular weight excluding hydrogens is 529 g/mol. The molecule has 3 amide bonds. The van der Waals surface area contributed by atoms with Crippen molar-refractivity contribution < 1.29 is 58.6 Å². The number of alkyl halides is 8. The fraction of sp³-hybridized carbons (Fsp3) is 0.571. The monoisotopic (exact) mass is 551 g/mol. The van der Waals surface area contributed by atoms with E-state index in [1.54, 1.807) is 0 Å². The highest BCUT2D eigenvalue weighted by Crippen LogP contribution is 2.41. The molecule has 2 N–H and O–H groups in total. The molecule has 2 atom stereocenters. The van der Waals surface area contributed by atoms with Crippen LogP contribution in [0.1, 0.15) is 27.2 Å². The number of hydrogen-bond acceptors (Lipinski definition) is 4. The van der Waals surface area contributed by atoms with E-state index in [2.05, 4.69) is 0 Å². The quantitative estimate of drug-likeness (QED) is 0.412. The van der Waals surface area contributed by atoms with E-state index in [4.69, 9.17) is 10.5 Å². The van der Waals surface area contributed by atoms with E-state index in [1.807, 2.05) is 0 Å². The van der Waals surface area contributed by atoms with Crippen LogP contribution in [-0.2, 0) is 14.4 Å². The lowest BCUT2D eigenvalue weighted by Gasteiger charge is -2.40. The number of carbonyl (C=O) groups excluding carboxylic acids is 3. The van der Waals surface area contributed by atoms with Gasteiger partial charge in [-0.1, -0.05) is 6.92 Å². The number of fused-ring (bicyclic) bond motifs is 1. The predicted molar refractivity (Wildman–Crippen MR) is 109 cm³/mol. The Morgan fingerprint density at radius 2 is 1.65 bits per heavy atom. The first kappa shape index (κ1) is 30.0. The van der Waals surface area contributed by atoms with Crippen LogP contribution in [-0.4, -0.2) is 66.1 Å². The standard InChI is InChI=1S/C21H22F9N3O4/c1-4-12-14(33(8-19(23,24)21(28,29)30)17(36)18(2,3)16(31)35)15(34)32(9-20(25,26)27)11-7-10(22)5-6-13(11)37-12/h5-7,12,14H,4,8-9H2,1-3H3,(H2,31,35)/t12-,14?/m1/s1. The highest BCUT2D eigenvalue weighted by molar-refractivity contribution is 6.07. The zero-order valence-electron chi connectivity index (χ0n) is 19.5. The topological polar surface area (TPSA) is 92.9 Å². The number of nitrogens with zero attached hydrogens (tertiary/aromatic N) is 2. The molecule has 0 spiro atoms. The molecule has 1 aromatic rings. The number of amides is 3. The predicted octanol–water partition coefficient (Wildman–Crippen LogP) is 3.80. The smallest absolute Gasteiger partial charge is 0.455 e. The third-order valence-electron chi connectivity index (χ3n) is 5.63. The summed E-state index contributed by atoms with van der Waals surface area (Å²) in [7, 11) is 0. The molecule has 7 nitrogen and oxygen atoms in total. The maximum Gasteiger partial charge on any atom is 0.455 e. The van der Waals surface area contributed by atoms with Crippen molar-refractivity contribution in [1.29, 1.82) is 0 Å². The van der Waals surface area contributed by atoms with Gasteiger partial charge in [0, 0.05) is 6.07 Å². The molecule has 1 aliphatic heterocycles. The van der Waals surface area contributed by atoms with Gasteiger partial charge in [0.15, 0.2) is 0 Å². The molecule has 16 heteroatoms. The fourth-order valence-corrected chi connectivity index (χ4v) is 3.51. The number of primary amides is 1. The number of rotatable bonds is 7. The Morgan fingerprint density at radius 1 is 1.08 bits per heavy atom. The van der Waals surface area contributed by atoms with E-state index in [0.29, 0.717) is 6.07 Å². The summed E-state index contributed by atoms with van der Waals surface area (Å²) in [5.41, 5.74) is 1.83. The number of halogens is 9. The Hall–Kier alpha value is -3.20. The van der Waals surface area contributed by atoms with Gasteiger partial charge >= 0.3 is 18.3 Å². The number of benzene rings is 1. The van der Waals surface area contributed by atoms with Crippen molar-refractivity contribution >= 4 is 23.4 Å². The summed E-state index contributed by atoms with van der Waals surface area (Å²) in [5, 5.41) is 0. The van der Waals surface area contributed by atoms with E-state index in [-0.39, 0.29) is 9.80 Å². The van der Waals surface area contributed by atoms with E-state index < -0.39 is 90.3 Å². The summed E-state index contributed by atoms with van der Waals surface area (Å²) in [6, 6.07) is -0.477. The second-order valence-electron chi connectivity index (χ2n) is 8.79. The van der Waals surface area contributed by atoms with Gasteiger partial charge in [-0.3, -0.25) is 19.3 Å².